The molecule has 1 aromatic carbocycles. The van der Waals surface area contributed by atoms with Crippen molar-refractivity contribution in [2.24, 2.45) is 0 Å². The Balaban J connectivity index is 2.58. The lowest BCUT2D eigenvalue weighted by molar-refractivity contribution is -0.119. The predicted molar refractivity (Wildman–Crippen MR) is 64.5 cm³/mol. The van der Waals surface area contributed by atoms with E-state index < -0.39 is 5.24 Å². The van der Waals surface area contributed by atoms with Crippen LogP contribution in [0.2, 0.25) is 0 Å². The first-order chi connectivity index (χ1) is 7.63. The van der Waals surface area contributed by atoms with Crippen molar-refractivity contribution in [1.82, 2.24) is 0 Å². The number of hydrogen-bond acceptors (Lipinski definition) is 2. The zero-order chi connectivity index (χ0) is 12.0. The van der Waals surface area contributed by atoms with Gasteiger partial charge in [-0.1, -0.05) is 25.1 Å². The van der Waals surface area contributed by atoms with E-state index in [2.05, 4.69) is 5.32 Å². The molecule has 0 aliphatic carbocycles. The van der Waals surface area contributed by atoms with E-state index in [1.165, 1.54) is 0 Å². The lowest BCUT2D eigenvalue weighted by atomic mass is 10.1. The van der Waals surface area contributed by atoms with E-state index in [1.807, 2.05) is 31.2 Å². The van der Waals surface area contributed by atoms with E-state index in [-0.39, 0.29) is 18.7 Å². The van der Waals surface area contributed by atoms with Gasteiger partial charge < -0.3 is 5.32 Å². The second-order valence-electron chi connectivity index (χ2n) is 3.41. The van der Waals surface area contributed by atoms with Gasteiger partial charge in [-0.15, -0.1) is 0 Å². The van der Waals surface area contributed by atoms with Crippen molar-refractivity contribution in [2.45, 2.75) is 26.2 Å². The number of amides is 1. The third-order valence-corrected chi connectivity index (χ3v) is 2.41. The maximum absolute atomic E-state index is 11.5. The number of halogens is 1. The Morgan fingerprint density at radius 1 is 1.25 bits per heavy atom. The summed E-state index contributed by atoms with van der Waals surface area (Å²) < 4.78 is 0. The monoisotopic (exact) mass is 239 g/mol. The summed E-state index contributed by atoms with van der Waals surface area (Å²) in [5.74, 6) is -0.185. The number of aryl methyl sites for hydroxylation is 1. The molecule has 0 saturated heterocycles. The van der Waals surface area contributed by atoms with Gasteiger partial charge in [-0.05, 0) is 29.7 Å². The van der Waals surface area contributed by atoms with Crippen molar-refractivity contribution in [3.63, 3.8) is 0 Å². The second kappa shape index (κ2) is 6.28. The highest BCUT2D eigenvalue weighted by molar-refractivity contribution is 6.63. The van der Waals surface area contributed by atoms with Gasteiger partial charge in [-0.3, -0.25) is 9.59 Å². The van der Waals surface area contributed by atoms with Gasteiger partial charge in [0.05, 0.1) is 0 Å². The normalized spacial score (nSPS) is 9.88. The Morgan fingerprint density at radius 2 is 1.94 bits per heavy atom. The smallest absolute Gasteiger partial charge is 0.224 e. The summed E-state index contributed by atoms with van der Waals surface area (Å²) in [6.07, 6.45) is 1.05. The molecule has 0 radical (unpaired) electrons. The fourth-order valence-electron chi connectivity index (χ4n) is 1.38. The molecule has 0 aromatic heterocycles. The summed E-state index contributed by atoms with van der Waals surface area (Å²) in [4.78, 5) is 22.0. The molecule has 1 aromatic rings. The lowest BCUT2D eigenvalue weighted by Crippen LogP contribution is -2.13. The second-order valence-corrected chi connectivity index (χ2v) is 3.84. The van der Waals surface area contributed by atoms with Crippen LogP contribution in [0.4, 0.5) is 5.69 Å². The quantitative estimate of drug-likeness (QED) is 0.803. The molecule has 0 heterocycles. The van der Waals surface area contributed by atoms with Gasteiger partial charge in [0.15, 0.2) is 0 Å². The molecule has 0 unspecified atom stereocenters. The summed E-state index contributed by atoms with van der Waals surface area (Å²) in [6.45, 7) is 2.02. The molecular weight excluding hydrogens is 226 g/mol. The third-order valence-electron chi connectivity index (χ3n) is 2.22. The molecule has 86 valence electrons. The minimum absolute atomic E-state index is 0.0711. The molecule has 1 amide bonds. The molecule has 0 bridgehead atoms. The standard InChI is InChI=1S/C12H14ClNO2/c1-2-9-5-3-4-6-10(9)14-12(16)8-7-11(13)15/h3-6H,2,7-8H2,1H3,(H,14,16). The molecule has 0 spiro atoms. The van der Waals surface area contributed by atoms with E-state index in [9.17, 15) is 9.59 Å². The number of anilines is 1. The molecule has 1 rings (SSSR count). The third kappa shape index (κ3) is 4.03. The first kappa shape index (κ1) is 12.7. The van der Waals surface area contributed by atoms with Crippen LogP contribution in [0.25, 0.3) is 0 Å². The average Bonchev–Trinajstić information content (AvgIpc) is 2.27. The van der Waals surface area contributed by atoms with Crippen LogP contribution in [0.3, 0.4) is 0 Å². The number of carbonyl (C=O) groups excluding carboxylic acids is 2. The van der Waals surface area contributed by atoms with Crippen LogP contribution in [0.1, 0.15) is 25.3 Å². The summed E-state index contributed by atoms with van der Waals surface area (Å²) in [5, 5.41) is 2.28. The van der Waals surface area contributed by atoms with Gasteiger partial charge in [-0.2, -0.15) is 0 Å². The molecule has 4 heteroatoms. The van der Waals surface area contributed by atoms with E-state index in [0.29, 0.717) is 0 Å². The minimum Gasteiger partial charge on any atom is -0.326 e. The van der Waals surface area contributed by atoms with Gasteiger partial charge in [0.2, 0.25) is 11.1 Å². The van der Waals surface area contributed by atoms with Crippen molar-refractivity contribution >= 4 is 28.4 Å². The topological polar surface area (TPSA) is 46.2 Å². The van der Waals surface area contributed by atoms with Crippen molar-refractivity contribution in [3.05, 3.63) is 29.8 Å². The number of hydrogen-bond donors (Lipinski definition) is 1. The lowest BCUT2D eigenvalue weighted by Gasteiger charge is -2.08. The number of benzene rings is 1. The number of carbonyl (C=O) groups is 2. The van der Waals surface area contributed by atoms with Gasteiger partial charge in [0.1, 0.15) is 0 Å². The van der Waals surface area contributed by atoms with Gasteiger partial charge in [0, 0.05) is 18.5 Å². The van der Waals surface area contributed by atoms with Crippen LogP contribution >= 0.6 is 11.6 Å². The van der Waals surface area contributed by atoms with Crippen molar-refractivity contribution in [1.29, 1.82) is 0 Å². The number of nitrogens with one attached hydrogen (secondary N) is 1. The predicted octanol–water partition coefficient (Wildman–Crippen LogP) is 2.73. The maximum Gasteiger partial charge on any atom is 0.224 e. The molecule has 0 saturated carbocycles. The van der Waals surface area contributed by atoms with E-state index >= 15 is 0 Å². The largest absolute Gasteiger partial charge is 0.326 e. The number of rotatable bonds is 5. The molecule has 0 fully saturated rings. The summed E-state index contributed by atoms with van der Waals surface area (Å²) in [6, 6.07) is 7.60. The van der Waals surface area contributed by atoms with Gasteiger partial charge >= 0.3 is 0 Å². The van der Waals surface area contributed by atoms with Crippen molar-refractivity contribution < 1.29 is 9.59 Å². The Hall–Kier alpha value is -1.35. The SMILES string of the molecule is CCc1ccccc1NC(=O)CCC(=O)Cl. The van der Waals surface area contributed by atoms with E-state index in [1.54, 1.807) is 0 Å². The van der Waals surface area contributed by atoms with Crippen LogP contribution in [0, 0.1) is 0 Å². The Bertz CT molecular complexity index is 390. The van der Waals surface area contributed by atoms with E-state index in [0.717, 1.165) is 17.7 Å². The fourth-order valence-corrected chi connectivity index (χ4v) is 1.47. The first-order valence-corrected chi connectivity index (χ1v) is 5.57. The van der Waals surface area contributed by atoms with Gasteiger partial charge in [-0.25, -0.2) is 0 Å². The Labute approximate surface area is 99.8 Å². The zero-order valence-corrected chi connectivity index (χ0v) is 9.88. The Morgan fingerprint density at radius 3 is 2.56 bits per heavy atom. The molecule has 1 N–H and O–H groups in total. The highest BCUT2D eigenvalue weighted by Crippen LogP contribution is 2.15. The summed E-state index contributed by atoms with van der Waals surface area (Å²) >= 11 is 5.16. The van der Waals surface area contributed by atoms with Crippen molar-refractivity contribution in [2.75, 3.05) is 5.32 Å². The number of para-hydroxylation sites is 1. The van der Waals surface area contributed by atoms with Crippen LogP contribution in [0.15, 0.2) is 24.3 Å². The maximum atomic E-state index is 11.5. The summed E-state index contributed by atoms with van der Waals surface area (Å²) in [7, 11) is 0. The Kier molecular flexibility index (Phi) is 4.99. The van der Waals surface area contributed by atoms with Crippen LogP contribution in [0.5, 0.6) is 0 Å². The fraction of sp³-hybridized carbons (Fsp3) is 0.333. The molecule has 0 aliphatic rings. The summed E-state index contributed by atoms with van der Waals surface area (Å²) in [5.41, 5.74) is 1.88. The molecule has 3 nitrogen and oxygen atoms in total. The molecular formula is C12H14ClNO2. The molecule has 0 atom stereocenters. The highest BCUT2D eigenvalue weighted by atomic mass is 35.5. The van der Waals surface area contributed by atoms with Crippen LogP contribution < -0.4 is 5.32 Å². The highest BCUT2D eigenvalue weighted by Gasteiger charge is 2.07. The van der Waals surface area contributed by atoms with Crippen LogP contribution in [-0.2, 0) is 16.0 Å². The zero-order valence-electron chi connectivity index (χ0n) is 9.13. The van der Waals surface area contributed by atoms with Gasteiger partial charge in [0.25, 0.3) is 0 Å². The molecule has 16 heavy (non-hydrogen) atoms. The first-order valence-electron chi connectivity index (χ1n) is 5.19. The van der Waals surface area contributed by atoms with Crippen LogP contribution in [-0.4, -0.2) is 11.1 Å². The molecule has 0 aliphatic heterocycles. The minimum atomic E-state index is -0.487. The van der Waals surface area contributed by atoms with E-state index in [4.69, 9.17) is 11.6 Å². The van der Waals surface area contributed by atoms with Crippen molar-refractivity contribution in [3.8, 4) is 0 Å². The average molecular weight is 240 g/mol.